The van der Waals surface area contributed by atoms with E-state index in [0.29, 0.717) is 0 Å². The van der Waals surface area contributed by atoms with Crippen LogP contribution in [0.5, 0.6) is 5.75 Å². The second-order valence-electron chi connectivity index (χ2n) is 3.36. The second-order valence-corrected chi connectivity index (χ2v) is 5.77. The molecular weight excluding hydrogens is 345 g/mol. The molecule has 0 amide bonds. The summed E-state index contributed by atoms with van der Waals surface area (Å²) in [6.07, 6.45) is 8.31. The molecule has 0 saturated heterocycles. The molecule has 1 aliphatic heterocycles. The van der Waals surface area contributed by atoms with Gasteiger partial charge in [0.1, 0.15) is 5.75 Å². The third-order valence-corrected chi connectivity index (χ3v) is 4.03. The van der Waals surface area contributed by atoms with Crippen molar-refractivity contribution in [3.8, 4) is 5.75 Å². The Morgan fingerprint density at radius 1 is 1.22 bits per heavy atom. The van der Waals surface area contributed by atoms with Gasteiger partial charge in [-0.2, -0.15) is 0 Å². The SMILES string of the molecule is O=[N+]([O-])/C=C/c1ccc(OC2=IC=CC=C2)cc1. The van der Waals surface area contributed by atoms with Crippen LogP contribution in [0.3, 0.4) is 0 Å². The maximum atomic E-state index is 10.2. The summed E-state index contributed by atoms with van der Waals surface area (Å²) in [5.74, 6) is 0.753. The molecule has 0 aliphatic carbocycles. The predicted octanol–water partition coefficient (Wildman–Crippen LogP) is 3.50. The van der Waals surface area contributed by atoms with Gasteiger partial charge in [0.2, 0.25) is 6.20 Å². The number of rotatable bonds is 4. The standard InChI is InChI=1S/C13H10INO3/c16-15(17)10-8-11-4-6-12(7-5-11)18-13-3-1-2-9-14-13/h1-10H/b10-8+. The number of nitrogens with zero attached hydrogens (tertiary/aromatic N) is 1. The van der Waals surface area contributed by atoms with E-state index in [9.17, 15) is 10.1 Å². The van der Waals surface area contributed by atoms with Crippen molar-refractivity contribution in [2.24, 2.45) is 0 Å². The van der Waals surface area contributed by atoms with Gasteiger partial charge >= 0.3 is 0 Å². The molecule has 0 aromatic heterocycles. The molecule has 1 heterocycles. The largest absolute Gasteiger partial charge is 0.451 e. The van der Waals surface area contributed by atoms with Crippen LogP contribution in [0.25, 0.3) is 6.08 Å². The fourth-order valence-electron chi connectivity index (χ4n) is 1.27. The first-order chi connectivity index (χ1) is 8.74. The van der Waals surface area contributed by atoms with Crippen LogP contribution in [-0.2, 0) is 0 Å². The second kappa shape index (κ2) is 6.25. The summed E-state index contributed by atoms with van der Waals surface area (Å²) in [6.45, 7) is 0. The van der Waals surface area contributed by atoms with Crippen molar-refractivity contribution in [1.29, 1.82) is 0 Å². The van der Waals surface area contributed by atoms with Gasteiger partial charge < -0.3 is 4.74 Å². The van der Waals surface area contributed by atoms with Crippen molar-refractivity contribution in [2.75, 3.05) is 0 Å². The number of halogens is 1. The van der Waals surface area contributed by atoms with Gasteiger partial charge in [0, 0.05) is 6.08 Å². The number of nitro groups is 1. The molecule has 0 spiro atoms. The smallest absolute Gasteiger partial charge is 0.235 e. The lowest BCUT2D eigenvalue weighted by Crippen LogP contribution is -2.02. The van der Waals surface area contributed by atoms with Gasteiger partial charge in [-0.15, -0.1) is 0 Å². The number of hydrogen-bond donors (Lipinski definition) is 0. The Balaban J connectivity index is 2.04. The van der Waals surface area contributed by atoms with Gasteiger partial charge in [-0.1, -0.05) is 24.3 Å². The number of hydrogen-bond acceptors (Lipinski definition) is 3. The molecule has 18 heavy (non-hydrogen) atoms. The van der Waals surface area contributed by atoms with Crippen LogP contribution >= 0.6 is 20.7 Å². The van der Waals surface area contributed by atoms with E-state index >= 15 is 0 Å². The minimum absolute atomic E-state index is 0.177. The van der Waals surface area contributed by atoms with Crippen molar-refractivity contribution < 1.29 is 9.66 Å². The first kappa shape index (κ1) is 12.7. The molecule has 1 aromatic carbocycles. The molecule has 0 saturated carbocycles. The lowest BCUT2D eigenvalue weighted by molar-refractivity contribution is -0.400. The molecule has 1 aromatic rings. The summed E-state index contributed by atoms with van der Waals surface area (Å²) >= 11 is -0.177. The monoisotopic (exact) mass is 355 g/mol. The first-order valence-corrected chi connectivity index (χ1v) is 7.50. The van der Waals surface area contributed by atoms with Gasteiger partial charge in [-0.25, -0.2) is 0 Å². The van der Waals surface area contributed by atoms with Crippen LogP contribution in [0.1, 0.15) is 5.56 Å². The lowest BCUT2D eigenvalue weighted by Gasteiger charge is -2.06. The normalized spacial score (nSPS) is 14.1. The van der Waals surface area contributed by atoms with Crippen LogP contribution in [0.4, 0.5) is 0 Å². The highest BCUT2D eigenvalue weighted by molar-refractivity contribution is 14.2. The van der Waals surface area contributed by atoms with Gasteiger partial charge in [0.05, 0.1) is 4.92 Å². The average Bonchev–Trinajstić information content (AvgIpc) is 2.39. The van der Waals surface area contributed by atoms with Crippen molar-refractivity contribution in [1.82, 2.24) is 0 Å². The van der Waals surface area contributed by atoms with Gasteiger partial charge in [0.25, 0.3) is 0 Å². The highest BCUT2D eigenvalue weighted by Gasteiger charge is 1.99. The van der Waals surface area contributed by atoms with E-state index in [2.05, 4.69) is 4.08 Å². The zero-order valence-corrected chi connectivity index (χ0v) is 11.5. The summed E-state index contributed by atoms with van der Waals surface area (Å²) in [4.78, 5) is 9.70. The van der Waals surface area contributed by atoms with E-state index < -0.39 is 4.92 Å². The van der Waals surface area contributed by atoms with E-state index in [0.717, 1.165) is 21.2 Å². The molecule has 0 unspecified atom stereocenters. The number of ether oxygens (including phenoxy) is 1. The van der Waals surface area contributed by atoms with Crippen LogP contribution in [-0.4, -0.2) is 8.62 Å². The molecule has 0 bridgehead atoms. The molecular formula is C13H10INO3. The number of benzene rings is 1. The Bertz CT molecular complexity index is 556. The third kappa shape index (κ3) is 3.92. The van der Waals surface area contributed by atoms with Crippen molar-refractivity contribution in [3.63, 3.8) is 0 Å². The maximum Gasteiger partial charge on any atom is 0.235 e. The quantitative estimate of drug-likeness (QED) is 0.472. The Hall–Kier alpha value is -1.76. The Morgan fingerprint density at radius 2 is 2.00 bits per heavy atom. The van der Waals surface area contributed by atoms with E-state index in [-0.39, 0.29) is 20.7 Å². The fourth-order valence-corrected chi connectivity index (χ4v) is 2.87. The summed E-state index contributed by atoms with van der Waals surface area (Å²) in [5.41, 5.74) is 0.776. The van der Waals surface area contributed by atoms with Gasteiger partial charge in [0.15, 0.2) is 3.69 Å². The predicted molar refractivity (Wildman–Crippen MR) is 80.4 cm³/mol. The van der Waals surface area contributed by atoms with E-state index in [4.69, 9.17) is 4.74 Å². The zero-order chi connectivity index (χ0) is 12.8. The molecule has 5 heteroatoms. The maximum absolute atomic E-state index is 10.2. The third-order valence-electron chi connectivity index (χ3n) is 2.07. The molecule has 2 rings (SSSR count). The van der Waals surface area contributed by atoms with Crippen LogP contribution in [0.2, 0.25) is 0 Å². The van der Waals surface area contributed by atoms with Crippen LogP contribution in [0, 0.1) is 10.1 Å². The summed E-state index contributed by atoms with van der Waals surface area (Å²) < 4.78 is 8.82. The van der Waals surface area contributed by atoms with Crippen LogP contribution in [0.15, 0.2) is 52.8 Å². The molecule has 0 fully saturated rings. The van der Waals surface area contributed by atoms with Crippen LogP contribution < -0.4 is 4.74 Å². The Kier molecular flexibility index (Phi) is 4.40. The van der Waals surface area contributed by atoms with Crippen molar-refractivity contribution in [3.05, 3.63) is 68.5 Å². The number of allylic oxidation sites excluding steroid dienone is 2. The minimum atomic E-state index is -0.482. The Morgan fingerprint density at radius 3 is 2.61 bits per heavy atom. The summed E-state index contributed by atoms with van der Waals surface area (Å²) in [5, 5.41) is 10.2. The summed E-state index contributed by atoms with van der Waals surface area (Å²) in [6, 6.07) is 7.19. The Labute approximate surface area is 114 Å². The zero-order valence-electron chi connectivity index (χ0n) is 9.32. The molecule has 0 N–H and O–H groups in total. The minimum Gasteiger partial charge on any atom is -0.451 e. The highest BCUT2D eigenvalue weighted by atomic mass is 127. The lowest BCUT2D eigenvalue weighted by atomic mass is 10.2. The first-order valence-electron chi connectivity index (χ1n) is 5.17. The molecule has 92 valence electrons. The highest BCUT2D eigenvalue weighted by Crippen LogP contribution is 2.17. The van der Waals surface area contributed by atoms with E-state index in [1.54, 1.807) is 12.1 Å². The summed E-state index contributed by atoms with van der Waals surface area (Å²) in [7, 11) is 0. The average molecular weight is 355 g/mol. The molecule has 0 atom stereocenters. The molecule has 4 nitrogen and oxygen atoms in total. The molecule has 1 aliphatic rings. The molecule has 0 radical (unpaired) electrons. The van der Waals surface area contributed by atoms with Crippen molar-refractivity contribution in [2.45, 2.75) is 0 Å². The van der Waals surface area contributed by atoms with Gasteiger partial charge in [-0.3, -0.25) is 10.1 Å². The fraction of sp³-hybridized carbons (Fsp3) is 0. The topological polar surface area (TPSA) is 52.4 Å². The van der Waals surface area contributed by atoms with Gasteiger partial charge in [-0.05, 0) is 48.6 Å². The van der Waals surface area contributed by atoms with Crippen molar-refractivity contribution >= 4 is 30.5 Å². The van der Waals surface area contributed by atoms with E-state index in [1.165, 1.54) is 6.08 Å². The van der Waals surface area contributed by atoms with E-state index in [1.807, 2.05) is 30.4 Å².